The van der Waals surface area contributed by atoms with E-state index in [2.05, 4.69) is 5.18 Å². The van der Waals surface area contributed by atoms with Crippen LogP contribution in [0.3, 0.4) is 0 Å². The summed E-state index contributed by atoms with van der Waals surface area (Å²) in [5.74, 6) is 0. The maximum Gasteiger partial charge on any atom is 1.00 e. The van der Waals surface area contributed by atoms with E-state index < -0.39 is 61.5 Å². The molecule has 15 heteroatoms. The third kappa shape index (κ3) is 4.60. The van der Waals surface area contributed by atoms with Crippen LogP contribution in [0.5, 0.6) is 0 Å². The van der Waals surface area contributed by atoms with Gasteiger partial charge in [-0.15, -0.1) is 4.91 Å². The second kappa shape index (κ2) is 6.98. The van der Waals surface area contributed by atoms with Crippen molar-refractivity contribution in [3.05, 3.63) is 29.2 Å². The summed E-state index contributed by atoms with van der Waals surface area (Å²) >= 11 is 0. The number of fused-ring (bicyclic) bond motifs is 1. The molecule has 0 amide bonds. The predicted octanol–water partition coefficient (Wildman–Crippen LogP) is -1.91. The van der Waals surface area contributed by atoms with Gasteiger partial charge in [0.2, 0.25) is 0 Å². The second-order valence-corrected chi connectivity index (χ2v) is 8.71. The summed E-state index contributed by atoms with van der Waals surface area (Å²) in [4.78, 5) is 7.93. The minimum atomic E-state index is -5.08. The summed E-state index contributed by atoms with van der Waals surface area (Å²) in [6, 6.07) is 2.19. The minimum Gasteiger partial charge on any atom is -1.00 e. The monoisotopic (exact) mass is 421 g/mol. The van der Waals surface area contributed by atoms with Gasteiger partial charge in [0.05, 0.1) is 9.79 Å². The SMILES string of the molecule is O=Nc1cc(S(=O)(=O)O)cc2cc(S(=O)(=O)O)cc(S(=O)(=O)O)c12.[H-].[Na+]. The van der Waals surface area contributed by atoms with Gasteiger partial charge >= 0.3 is 29.6 Å². The molecule has 0 spiro atoms. The normalized spacial score (nSPS) is 12.6. The molecule has 2 rings (SSSR count). The Hall–Kier alpha value is -0.970. The molecule has 0 fully saturated rings. The van der Waals surface area contributed by atoms with Crippen molar-refractivity contribution >= 4 is 46.8 Å². The van der Waals surface area contributed by atoms with Crippen molar-refractivity contribution in [3.8, 4) is 0 Å². The maximum atomic E-state index is 11.4. The molecule has 0 aromatic heterocycles. The van der Waals surface area contributed by atoms with Crippen molar-refractivity contribution in [1.82, 2.24) is 0 Å². The van der Waals surface area contributed by atoms with Gasteiger partial charge in [0.1, 0.15) is 10.6 Å². The van der Waals surface area contributed by atoms with Gasteiger partial charge in [-0.3, -0.25) is 13.7 Å². The Morgan fingerprint density at radius 2 is 1.20 bits per heavy atom. The Morgan fingerprint density at radius 3 is 1.56 bits per heavy atom. The Kier molecular flexibility index (Phi) is 6.16. The molecule has 2 aromatic carbocycles. The van der Waals surface area contributed by atoms with Crippen LogP contribution in [0, 0.1) is 4.91 Å². The standard InChI is InChI=1S/C10H7NO10S3.Na.H/c12-11-8-3-6(22(13,14)15)1-5-2-7(23(16,17)18)4-9(10(5)8)24(19,20)21;;/h1-4H,(H,13,14,15)(H,16,17,18)(H,19,20,21);;/q;+1;-1. The van der Waals surface area contributed by atoms with Crippen LogP contribution in [-0.4, -0.2) is 38.9 Å². The van der Waals surface area contributed by atoms with Crippen LogP contribution in [0.1, 0.15) is 1.43 Å². The van der Waals surface area contributed by atoms with Gasteiger partial charge in [0.15, 0.2) is 0 Å². The van der Waals surface area contributed by atoms with E-state index in [9.17, 15) is 34.7 Å². The molecule has 0 unspecified atom stereocenters. The molecule has 0 bridgehead atoms. The van der Waals surface area contributed by atoms with Crippen LogP contribution in [0.4, 0.5) is 5.69 Å². The fourth-order valence-corrected chi connectivity index (χ4v) is 3.88. The van der Waals surface area contributed by atoms with Crippen molar-refractivity contribution in [2.45, 2.75) is 14.7 Å². The van der Waals surface area contributed by atoms with Gasteiger partial charge in [-0.1, -0.05) is 0 Å². The zero-order chi connectivity index (χ0) is 18.5. The van der Waals surface area contributed by atoms with Gasteiger partial charge in [-0.2, -0.15) is 25.3 Å². The van der Waals surface area contributed by atoms with Gasteiger partial charge in [0, 0.05) is 5.39 Å². The first-order valence-corrected chi connectivity index (χ1v) is 9.95. The average molecular weight is 421 g/mol. The quantitative estimate of drug-likeness (QED) is 0.285. The summed E-state index contributed by atoms with van der Waals surface area (Å²) in [6.45, 7) is 0. The molecule has 0 aliphatic carbocycles. The molecule has 0 heterocycles. The first-order chi connectivity index (χ1) is 10.7. The Morgan fingerprint density at radius 1 is 0.760 bits per heavy atom. The fourth-order valence-electron chi connectivity index (χ4n) is 1.97. The average Bonchev–Trinajstić information content (AvgIpc) is 2.41. The van der Waals surface area contributed by atoms with Crippen molar-refractivity contribution in [2.75, 3.05) is 0 Å². The van der Waals surface area contributed by atoms with Crippen LogP contribution in [-0.2, 0) is 30.4 Å². The number of hydrogen-bond acceptors (Lipinski definition) is 8. The van der Waals surface area contributed by atoms with E-state index in [0.717, 1.165) is 0 Å². The predicted molar refractivity (Wildman–Crippen MR) is 80.0 cm³/mol. The molecule has 0 saturated carbocycles. The summed E-state index contributed by atoms with van der Waals surface area (Å²) in [5, 5.41) is 1.34. The minimum absolute atomic E-state index is 0. The number of nitroso groups, excluding NO2 is 1. The van der Waals surface area contributed by atoms with E-state index in [1.807, 2.05) is 0 Å². The van der Waals surface area contributed by atoms with E-state index in [4.69, 9.17) is 9.11 Å². The first-order valence-electron chi connectivity index (χ1n) is 5.63. The number of nitrogens with zero attached hydrogens (tertiary/aromatic N) is 1. The third-order valence-corrected chi connectivity index (χ3v) is 5.45. The molecular formula is C10H8NNaO10S3. The van der Waals surface area contributed by atoms with E-state index in [-0.39, 0.29) is 31.0 Å². The zero-order valence-electron chi connectivity index (χ0n) is 13.2. The molecule has 25 heavy (non-hydrogen) atoms. The van der Waals surface area contributed by atoms with Crippen LogP contribution < -0.4 is 29.6 Å². The molecule has 0 atom stereocenters. The van der Waals surface area contributed by atoms with E-state index in [0.29, 0.717) is 24.3 Å². The molecular weight excluding hydrogens is 413 g/mol. The Balaban J connectivity index is 0.00000312. The summed E-state index contributed by atoms with van der Waals surface area (Å²) in [5.41, 5.74) is -0.797. The number of rotatable bonds is 4. The zero-order valence-corrected chi connectivity index (χ0v) is 16.6. The summed E-state index contributed by atoms with van der Waals surface area (Å²) < 4.78 is 95.0. The van der Waals surface area contributed by atoms with Crippen LogP contribution in [0.15, 0.2) is 44.1 Å². The van der Waals surface area contributed by atoms with Gasteiger partial charge in [-0.25, -0.2) is 0 Å². The molecule has 0 radical (unpaired) electrons. The molecule has 0 saturated heterocycles. The molecule has 11 nitrogen and oxygen atoms in total. The van der Waals surface area contributed by atoms with Crippen LogP contribution in [0.25, 0.3) is 10.8 Å². The van der Waals surface area contributed by atoms with Crippen LogP contribution >= 0.6 is 0 Å². The molecule has 2 aromatic rings. The van der Waals surface area contributed by atoms with E-state index in [1.54, 1.807) is 0 Å². The number of benzene rings is 2. The van der Waals surface area contributed by atoms with Crippen molar-refractivity contribution in [1.29, 1.82) is 0 Å². The molecule has 0 aliphatic rings. The first kappa shape index (κ1) is 22.1. The second-order valence-electron chi connectivity index (χ2n) is 4.48. The molecule has 0 aliphatic heterocycles. The molecule has 3 N–H and O–H groups in total. The van der Waals surface area contributed by atoms with Gasteiger partial charge in [-0.05, 0) is 34.8 Å². The number of hydrogen-bond donors (Lipinski definition) is 3. The summed E-state index contributed by atoms with van der Waals surface area (Å²) in [6.07, 6.45) is 0. The largest absolute Gasteiger partial charge is 1.00 e. The Labute approximate surface area is 165 Å². The Bertz CT molecular complexity index is 1190. The third-order valence-electron chi connectivity index (χ3n) is 2.91. The van der Waals surface area contributed by atoms with Crippen molar-refractivity contribution in [2.24, 2.45) is 5.18 Å². The van der Waals surface area contributed by atoms with E-state index >= 15 is 0 Å². The van der Waals surface area contributed by atoms with Gasteiger partial charge in [0.25, 0.3) is 30.4 Å². The smallest absolute Gasteiger partial charge is 1.00 e. The van der Waals surface area contributed by atoms with Crippen LogP contribution in [0.2, 0.25) is 0 Å². The topological polar surface area (TPSA) is 193 Å². The van der Waals surface area contributed by atoms with Crippen molar-refractivity contribution in [3.63, 3.8) is 0 Å². The fraction of sp³-hybridized carbons (Fsp3) is 0. The maximum absolute atomic E-state index is 11.4. The van der Waals surface area contributed by atoms with E-state index in [1.165, 1.54) is 0 Å². The molecule has 132 valence electrons. The summed E-state index contributed by atoms with van der Waals surface area (Å²) in [7, 11) is -14.9. The van der Waals surface area contributed by atoms with Crippen molar-refractivity contribution < 1.29 is 69.9 Å². The van der Waals surface area contributed by atoms with Gasteiger partial charge < -0.3 is 1.43 Å².